The van der Waals surface area contributed by atoms with Crippen molar-refractivity contribution in [2.24, 2.45) is 0 Å². The molecule has 0 radical (unpaired) electrons. The van der Waals surface area contributed by atoms with Gasteiger partial charge in [-0.2, -0.15) is 0 Å². The number of rotatable bonds is 6. The van der Waals surface area contributed by atoms with E-state index >= 15 is 0 Å². The lowest BCUT2D eigenvalue weighted by molar-refractivity contribution is 0.210. The second-order valence-corrected chi connectivity index (χ2v) is 4.36. The van der Waals surface area contributed by atoms with Gasteiger partial charge >= 0.3 is 0 Å². The molecule has 0 amide bonds. The van der Waals surface area contributed by atoms with Crippen molar-refractivity contribution in [2.45, 2.75) is 20.5 Å². The normalized spacial score (nSPS) is 10.9. The minimum Gasteiger partial charge on any atom is -0.489 e. The topological polar surface area (TPSA) is 29.5 Å². The van der Waals surface area contributed by atoms with E-state index in [0.717, 1.165) is 16.9 Å². The van der Waals surface area contributed by atoms with E-state index in [1.165, 1.54) is 0 Å². The van der Waals surface area contributed by atoms with Gasteiger partial charge in [0, 0.05) is 0 Å². The standard InChI is InChI=1S/C16H20O2/c1-13(2)9-16(10-14(3)11-17)18-12-15-7-5-4-6-8-15/h4-10,17H,3,11-12H2,1-2H3/b16-10+. The molecule has 0 aromatic heterocycles. The third-order valence-electron chi connectivity index (χ3n) is 2.23. The molecule has 0 spiro atoms. The molecule has 1 N–H and O–H groups in total. The molecule has 0 fully saturated rings. The summed E-state index contributed by atoms with van der Waals surface area (Å²) in [6.45, 7) is 8.19. The molecular weight excluding hydrogens is 224 g/mol. The molecule has 0 bridgehead atoms. The Hall–Kier alpha value is -1.80. The number of aliphatic hydroxyl groups excluding tert-OH is 1. The first-order valence-electron chi connectivity index (χ1n) is 5.94. The van der Waals surface area contributed by atoms with Gasteiger partial charge in [0.15, 0.2) is 0 Å². The highest BCUT2D eigenvalue weighted by molar-refractivity contribution is 5.26. The maximum atomic E-state index is 8.98. The van der Waals surface area contributed by atoms with E-state index in [9.17, 15) is 0 Å². The lowest BCUT2D eigenvalue weighted by Crippen LogP contribution is -1.94. The van der Waals surface area contributed by atoms with E-state index in [-0.39, 0.29) is 6.61 Å². The maximum absolute atomic E-state index is 8.98. The Kier molecular flexibility index (Phi) is 5.95. The molecule has 0 unspecified atom stereocenters. The van der Waals surface area contributed by atoms with Crippen molar-refractivity contribution in [3.63, 3.8) is 0 Å². The van der Waals surface area contributed by atoms with Gasteiger partial charge in [-0.25, -0.2) is 0 Å². The summed E-state index contributed by atoms with van der Waals surface area (Å²) in [6, 6.07) is 9.97. The zero-order chi connectivity index (χ0) is 13.4. The van der Waals surface area contributed by atoms with Crippen LogP contribution in [-0.2, 0) is 11.3 Å². The fourth-order valence-corrected chi connectivity index (χ4v) is 1.40. The van der Waals surface area contributed by atoms with Crippen LogP contribution in [0.4, 0.5) is 0 Å². The van der Waals surface area contributed by atoms with Crippen LogP contribution in [0, 0.1) is 0 Å². The van der Waals surface area contributed by atoms with Crippen LogP contribution in [0.25, 0.3) is 0 Å². The Morgan fingerprint density at radius 1 is 1.22 bits per heavy atom. The zero-order valence-electron chi connectivity index (χ0n) is 11.0. The summed E-state index contributed by atoms with van der Waals surface area (Å²) in [5, 5.41) is 8.98. The second-order valence-electron chi connectivity index (χ2n) is 4.36. The van der Waals surface area contributed by atoms with E-state index in [1.54, 1.807) is 6.08 Å². The van der Waals surface area contributed by atoms with E-state index in [0.29, 0.717) is 12.2 Å². The SMILES string of the molecule is C=C(/C=C(\C=C(C)C)OCc1ccccc1)CO. The van der Waals surface area contributed by atoms with Gasteiger partial charge in [-0.05, 0) is 37.1 Å². The Morgan fingerprint density at radius 2 is 1.89 bits per heavy atom. The summed E-state index contributed by atoms with van der Waals surface area (Å²) in [5.41, 5.74) is 2.88. The molecule has 0 aliphatic carbocycles. The van der Waals surface area contributed by atoms with Crippen molar-refractivity contribution in [2.75, 3.05) is 6.61 Å². The van der Waals surface area contributed by atoms with Crippen LogP contribution in [0.2, 0.25) is 0 Å². The number of allylic oxidation sites excluding steroid dienone is 2. The molecule has 1 aromatic rings. The number of hydrogen-bond acceptors (Lipinski definition) is 2. The summed E-state index contributed by atoms with van der Waals surface area (Å²) < 4.78 is 5.72. The van der Waals surface area contributed by atoms with Crippen LogP contribution in [-0.4, -0.2) is 11.7 Å². The fourth-order valence-electron chi connectivity index (χ4n) is 1.40. The van der Waals surface area contributed by atoms with Crippen LogP contribution in [0.3, 0.4) is 0 Å². The van der Waals surface area contributed by atoms with Gasteiger partial charge in [0.25, 0.3) is 0 Å². The van der Waals surface area contributed by atoms with Gasteiger partial charge in [-0.1, -0.05) is 42.5 Å². The zero-order valence-corrected chi connectivity index (χ0v) is 11.0. The van der Waals surface area contributed by atoms with Crippen LogP contribution in [0.1, 0.15) is 19.4 Å². The first-order chi connectivity index (χ1) is 8.61. The second kappa shape index (κ2) is 7.51. The average molecular weight is 244 g/mol. The van der Waals surface area contributed by atoms with E-state index < -0.39 is 0 Å². The molecule has 96 valence electrons. The number of hydrogen-bond donors (Lipinski definition) is 1. The number of aliphatic hydroxyl groups is 1. The van der Waals surface area contributed by atoms with Crippen LogP contribution in [0.5, 0.6) is 0 Å². The van der Waals surface area contributed by atoms with Crippen LogP contribution in [0.15, 0.2) is 66.0 Å². The molecule has 0 saturated carbocycles. The van der Waals surface area contributed by atoms with Gasteiger partial charge in [0.05, 0.1) is 6.61 Å². The number of ether oxygens (including phenoxy) is 1. The predicted molar refractivity (Wildman–Crippen MR) is 75.0 cm³/mol. The first kappa shape index (κ1) is 14.3. The summed E-state index contributed by atoms with van der Waals surface area (Å²) in [7, 11) is 0. The highest BCUT2D eigenvalue weighted by atomic mass is 16.5. The molecule has 2 nitrogen and oxygen atoms in total. The van der Waals surface area contributed by atoms with Crippen molar-refractivity contribution in [3.8, 4) is 0 Å². The van der Waals surface area contributed by atoms with Gasteiger partial charge in [-0.3, -0.25) is 0 Å². The molecule has 2 heteroatoms. The van der Waals surface area contributed by atoms with E-state index in [4.69, 9.17) is 9.84 Å². The van der Waals surface area contributed by atoms with Gasteiger partial charge < -0.3 is 9.84 Å². The predicted octanol–water partition coefficient (Wildman–Crippen LogP) is 3.60. The molecule has 0 aliphatic heterocycles. The van der Waals surface area contributed by atoms with Gasteiger partial charge in [0.2, 0.25) is 0 Å². The van der Waals surface area contributed by atoms with Crippen molar-refractivity contribution in [1.29, 1.82) is 0 Å². The third kappa shape index (κ3) is 5.51. The van der Waals surface area contributed by atoms with Crippen molar-refractivity contribution in [1.82, 2.24) is 0 Å². The van der Waals surface area contributed by atoms with E-state index in [2.05, 4.69) is 6.58 Å². The monoisotopic (exact) mass is 244 g/mol. The van der Waals surface area contributed by atoms with Crippen molar-refractivity contribution < 1.29 is 9.84 Å². The number of benzene rings is 1. The van der Waals surface area contributed by atoms with E-state index in [1.807, 2.05) is 50.3 Å². The van der Waals surface area contributed by atoms with Gasteiger partial charge in [0.1, 0.15) is 12.4 Å². The Bertz CT molecular complexity index is 437. The van der Waals surface area contributed by atoms with Crippen LogP contribution < -0.4 is 0 Å². The summed E-state index contributed by atoms with van der Waals surface area (Å²) >= 11 is 0. The Balaban J connectivity index is 2.71. The Labute approximate surface area is 109 Å². The highest BCUT2D eigenvalue weighted by Crippen LogP contribution is 2.11. The third-order valence-corrected chi connectivity index (χ3v) is 2.23. The summed E-state index contributed by atoms with van der Waals surface area (Å²) in [6.07, 6.45) is 3.69. The minimum atomic E-state index is -0.0607. The lowest BCUT2D eigenvalue weighted by Gasteiger charge is -2.08. The molecule has 1 rings (SSSR count). The summed E-state index contributed by atoms with van der Waals surface area (Å²) in [5.74, 6) is 0.720. The summed E-state index contributed by atoms with van der Waals surface area (Å²) in [4.78, 5) is 0. The first-order valence-corrected chi connectivity index (χ1v) is 5.94. The molecule has 0 aliphatic rings. The molecular formula is C16H20O2. The van der Waals surface area contributed by atoms with Crippen molar-refractivity contribution in [3.05, 3.63) is 71.5 Å². The van der Waals surface area contributed by atoms with Crippen LogP contribution >= 0.6 is 0 Å². The maximum Gasteiger partial charge on any atom is 0.120 e. The molecule has 1 aromatic carbocycles. The molecule has 0 atom stereocenters. The quantitative estimate of drug-likeness (QED) is 0.612. The minimum absolute atomic E-state index is 0.0607. The van der Waals surface area contributed by atoms with Crippen molar-refractivity contribution >= 4 is 0 Å². The molecule has 0 saturated heterocycles. The smallest absolute Gasteiger partial charge is 0.120 e. The molecule has 0 heterocycles. The van der Waals surface area contributed by atoms with Gasteiger partial charge in [-0.15, -0.1) is 0 Å². The Morgan fingerprint density at radius 3 is 2.44 bits per heavy atom. The largest absolute Gasteiger partial charge is 0.489 e. The highest BCUT2D eigenvalue weighted by Gasteiger charge is 1.98. The molecule has 18 heavy (non-hydrogen) atoms. The lowest BCUT2D eigenvalue weighted by atomic mass is 10.2. The average Bonchev–Trinajstić information content (AvgIpc) is 2.36. The fraction of sp³-hybridized carbons (Fsp3) is 0.250.